The molecule has 0 fully saturated rings. The summed E-state index contributed by atoms with van der Waals surface area (Å²) >= 11 is 1.96. The smallest absolute Gasteiger partial charge is 0.123 e. The van der Waals surface area contributed by atoms with Crippen molar-refractivity contribution in [1.29, 1.82) is 0 Å². The molecule has 0 heterocycles. The molecule has 0 aromatic heterocycles. The van der Waals surface area contributed by atoms with E-state index in [0.717, 1.165) is 6.29 Å². The second-order valence-corrected chi connectivity index (χ2v) is 7.24. The summed E-state index contributed by atoms with van der Waals surface area (Å²) in [6.07, 6.45) is 15.1. The summed E-state index contributed by atoms with van der Waals surface area (Å²) < 4.78 is 0. The number of hydrogen-bond acceptors (Lipinski definition) is 2. The molecule has 0 saturated heterocycles. The maximum absolute atomic E-state index is 10.6. The number of rotatable bonds is 14. The molecule has 19 heavy (non-hydrogen) atoms. The summed E-state index contributed by atoms with van der Waals surface area (Å²) in [7, 11) is 0. The Kier molecular flexibility index (Phi) is 14.4. The SMILES string of the molecule is CCCCCCCCCCCCS[C@H](C)[C@@H](C)C=O. The summed E-state index contributed by atoms with van der Waals surface area (Å²) in [4.78, 5) is 10.6. The van der Waals surface area contributed by atoms with E-state index >= 15 is 0 Å². The van der Waals surface area contributed by atoms with Gasteiger partial charge in [0.1, 0.15) is 6.29 Å². The summed E-state index contributed by atoms with van der Waals surface area (Å²) in [5.41, 5.74) is 0. The first-order chi connectivity index (χ1) is 9.22. The lowest BCUT2D eigenvalue weighted by Gasteiger charge is -2.13. The molecule has 0 spiro atoms. The van der Waals surface area contributed by atoms with Gasteiger partial charge in [-0.1, -0.05) is 78.6 Å². The molecular formula is C17H34OS. The molecule has 0 aliphatic rings. The normalized spacial score (nSPS) is 14.3. The standard InChI is InChI=1S/C17H34OS/c1-4-5-6-7-8-9-10-11-12-13-14-19-17(3)16(2)15-18/h15-17H,4-14H2,1-3H3/t16-,17+/m0/s1. The first-order valence-electron chi connectivity index (χ1n) is 8.29. The fourth-order valence-corrected chi connectivity index (χ4v) is 3.23. The molecule has 0 rings (SSSR count). The van der Waals surface area contributed by atoms with Gasteiger partial charge in [-0.25, -0.2) is 0 Å². The first kappa shape index (κ1) is 19.0. The molecule has 0 amide bonds. The van der Waals surface area contributed by atoms with Crippen molar-refractivity contribution in [2.45, 2.75) is 90.2 Å². The van der Waals surface area contributed by atoms with Gasteiger partial charge in [0.05, 0.1) is 0 Å². The maximum atomic E-state index is 10.6. The van der Waals surface area contributed by atoms with Crippen molar-refractivity contribution in [3.63, 3.8) is 0 Å². The lowest BCUT2D eigenvalue weighted by molar-refractivity contribution is -0.110. The van der Waals surface area contributed by atoms with Gasteiger partial charge < -0.3 is 4.79 Å². The predicted molar refractivity (Wildman–Crippen MR) is 89.0 cm³/mol. The van der Waals surface area contributed by atoms with Crippen molar-refractivity contribution in [2.75, 3.05) is 5.75 Å². The molecule has 0 aliphatic carbocycles. The molecule has 0 radical (unpaired) electrons. The molecule has 0 N–H and O–H groups in total. The second kappa shape index (κ2) is 14.4. The Balaban J connectivity index is 3.12. The van der Waals surface area contributed by atoms with E-state index in [1.165, 1.54) is 70.0 Å². The fourth-order valence-electron chi connectivity index (χ4n) is 2.12. The third-order valence-corrected chi connectivity index (χ3v) is 5.31. The first-order valence-corrected chi connectivity index (χ1v) is 9.34. The van der Waals surface area contributed by atoms with Crippen molar-refractivity contribution in [2.24, 2.45) is 5.92 Å². The number of carbonyl (C=O) groups is 1. The lowest BCUT2D eigenvalue weighted by atomic mass is 10.1. The van der Waals surface area contributed by atoms with E-state index in [4.69, 9.17) is 0 Å². The second-order valence-electron chi connectivity index (χ2n) is 5.75. The molecule has 0 aliphatic heterocycles. The van der Waals surface area contributed by atoms with Crippen molar-refractivity contribution < 1.29 is 4.79 Å². The Morgan fingerprint density at radius 1 is 0.842 bits per heavy atom. The molecule has 0 saturated carbocycles. The predicted octanol–water partition coefficient (Wildman–Crippen LogP) is 5.86. The van der Waals surface area contributed by atoms with Crippen LogP contribution in [0.5, 0.6) is 0 Å². The van der Waals surface area contributed by atoms with Gasteiger partial charge in [-0.05, 0) is 12.2 Å². The van der Waals surface area contributed by atoms with Gasteiger partial charge in [0, 0.05) is 11.2 Å². The minimum Gasteiger partial charge on any atom is -0.303 e. The van der Waals surface area contributed by atoms with Gasteiger partial charge in [0.2, 0.25) is 0 Å². The van der Waals surface area contributed by atoms with Gasteiger partial charge in [-0.3, -0.25) is 0 Å². The van der Waals surface area contributed by atoms with Crippen LogP contribution in [0.1, 0.15) is 85.0 Å². The van der Waals surface area contributed by atoms with Crippen molar-refractivity contribution in [3.8, 4) is 0 Å². The third kappa shape index (κ3) is 12.8. The molecule has 0 aromatic rings. The minimum atomic E-state index is 0.202. The molecule has 0 aromatic carbocycles. The summed E-state index contributed by atoms with van der Waals surface area (Å²) in [5.74, 6) is 1.42. The quantitative estimate of drug-likeness (QED) is 0.294. The third-order valence-electron chi connectivity index (χ3n) is 3.83. The molecule has 1 nitrogen and oxygen atoms in total. The Morgan fingerprint density at radius 2 is 1.32 bits per heavy atom. The van der Waals surface area contributed by atoms with E-state index in [-0.39, 0.29) is 5.92 Å². The van der Waals surface area contributed by atoms with Crippen LogP contribution in [0.2, 0.25) is 0 Å². The van der Waals surface area contributed by atoms with Crippen LogP contribution < -0.4 is 0 Å². The molecule has 114 valence electrons. The van der Waals surface area contributed by atoms with Crippen LogP contribution in [0.4, 0.5) is 0 Å². The van der Waals surface area contributed by atoms with Crippen LogP contribution in [0.25, 0.3) is 0 Å². The topological polar surface area (TPSA) is 17.1 Å². The number of carbonyl (C=O) groups excluding carboxylic acids is 1. The van der Waals surface area contributed by atoms with Crippen LogP contribution in [0.3, 0.4) is 0 Å². The van der Waals surface area contributed by atoms with Gasteiger partial charge in [0.15, 0.2) is 0 Å². The number of thioether (sulfide) groups is 1. The zero-order chi connectivity index (χ0) is 14.3. The summed E-state index contributed by atoms with van der Waals surface area (Å²) in [5, 5.41) is 0.482. The van der Waals surface area contributed by atoms with Gasteiger partial charge >= 0.3 is 0 Å². The molecular weight excluding hydrogens is 252 g/mol. The average Bonchev–Trinajstić information content (AvgIpc) is 2.43. The van der Waals surface area contributed by atoms with Crippen LogP contribution in [-0.4, -0.2) is 17.3 Å². The zero-order valence-corrected chi connectivity index (χ0v) is 14.1. The summed E-state index contributed by atoms with van der Waals surface area (Å²) in [6, 6.07) is 0. The number of aldehydes is 1. The van der Waals surface area contributed by atoms with E-state index in [1.807, 2.05) is 18.7 Å². The van der Waals surface area contributed by atoms with Crippen LogP contribution in [0.15, 0.2) is 0 Å². The molecule has 0 unspecified atom stereocenters. The summed E-state index contributed by atoms with van der Waals surface area (Å²) in [6.45, 7) is 6.46. The van der Waals surface area contributed by atoms with Crippen molar-refractivity contribution >= 4 is 18.0 Å². The molecule has 2 heteroatoms. The van der Waals surface area contributed by atoms with E-state index < -0.39 is 0 Å². The highest BCUT2D eigenvalue weighted by Gasteiger charge is 2.10. The average molecular weight is 287 g/mol. The van der Waals surface area contributed by atoms with E-state index in [2.05, 4.69) is 13.8 Å². The van der Waals surface area contributed by atoms with Crippen LogP contribution in [0, 0.1) is 5.92 Å². The van der Waals surface area contributed by atoms with Crippen LogP contribution in [-0.2, 0) is 4.79 Å². The minimum absolute atomic E-state index is 0.202. The Hall–Kier alpha value is 0.0200. The Labute approximate surface area is 125 Å². The van der Waals surface area contributed by atoms with Gasteiger partial charge in [-0.15, -0.1) is 0 Å². The van der Waals surface area contributed by atoms with E-state index in [1.54, 1.807) is 0 Å². The lowest BCUT2D eigenvalue weighted by Crippen LogP contribution is -2.11. The number of hydrogen-bond donors (Lipinski definition) is 0. The highest BCUT2D eigenvalue weighted by Crippen LogP contribution is 2.20. The number of unbranched alkanes of at least 4 members (excludes halogenated alkanes) is 9. The highest BCUT2D eigenvalue weighted by atomic mass is 32.2. The van der Waals surface area contributed by atoms with Gasteiger partial charge in [0.25, 0.3) is 0 Å². The van der Waals surface area contributed by atoms with Crippen LogP contribution >= 0.6 is 11.8 Å². The largest absolute Gasteiger partial charge is 0.303 e. The van der Waals surface area contributed by atoms with Gasteiger partial charge in [-0.2, -0.15) is 11.8 Å². The van der Waals surface area contributed by atoms with Crippen molar-refractivity contribution in [3.05, 3.63) is 0 Å². The Bertz CT molecular complexity index is 194. The molecule has 0 bridgehead atoms. The highest BCUT2D eigenvalue weighted by molar-refractivity contribution is 7.99. The fraction of sp³-hybridized carbons (Fsp3) is 0.941. The molecule has 2 atom stereocenters. The zero-order valence-electron chi connectivity index (χ0n) is 13.3. The van der Waals surface area contributed by atoms with Crippen molar-refractivity contribution in [1.82, 2.24) is 0 Å². The van der Waals surface area contributed by atoms with E-state index in [9.17, 15) is 4.79 Å². The monoisotopic (exact) mass is 286 g/mol. The Morgan fingerprint density at radius 3 is 1.79 bits per heavy atom. The maximum Gasteiger partial charge on any atom is 0.123 e. The van der Waals surface area contributed by atoms with E-state index in [0.29, 0.717) is 5.25 Å².